The summed E-state index contributed by atoms with van der Waals surface area (Å²) in [7, 11) is 1.66. The first-order valence-electron chi connectivity index (χ1n) is 9.32. The average molecular weight is 373 g/mol. The highest BCUT2D eigenvalue weighted by Gasteiger charge is 2.22. The molecule has 0 fully saturated rings. The molecule has 0 bridgehead atoms. The van der Waals surface area contributed by atoms with Crippen LogP contribution in [0.15, 0.2) is 83.0 Å². The van der Waals surface area contributed by atoms with Gasteiger partial charge in [0.25, 0.3) is 0 Å². The Bertz CT molecular complexity index is 948. The van der Waals surface area contributed by atoms with E-state index in [1.165, 1.54) is 0 Å². The summed E-state index contributed by atoms with van der Waals surface area (Å²) >= 11 is 0. The second-order valence-corrected chi connectivity index (χ2v) is 7.20. The molecule has 1 aromatic carbocycles. The standard InChI is InChI=1S/C27H32O/c1-12-20(9)21(10)26(19(7)8)27(25(17(3)4)18(5)6)23-15-14-22(13-2)16-24(23)28-11/h2,12,14-16H,3,7,10H2,1,4-6,8-9,11H3/b20-12-,27-26-. The maximum absolute atomic E-state index is 5.72. The van der Waals surface area contributed by atoms with Crippen molar-refractivity contribution in [2.75, 3.05) is 7.11 Å². The minimum absolute atomic E-state index is 0.718. The largest absolute Gasteiger partial charge is 0.496 e. The monoisotopic (exact) mass is 372 g/mol. The van der Waals surface area contributed by atoms with Gasteiger partial charge in [0.2, 0.25) is 0 Å². The molecule has 1 heteroatoms. The normalized spacial score (nSPS) is 11.9. The van der Waals surface area contributed by atoms with Crippen LogP contribution < -0.4 is 4.74 Å². The van der Waals surface area contributed by atoms with Gasteiger partial charge in [0.15, 0.2) is 0 Å². The zero-order valence-electron chi connectivity index (χ0n) is 18.4. The van der Waals surface area contributed by atoms with E-state index < -0.39 is 0 Å². The Balaban J connectivity index is 4.21. The number of hydrogen-bond donors (Lipinski definition) is 0. The zero-order chi connectivity index (χ0) is 21.6. The van der Waals surface area contributed by atoms with E-state index in [9.17, 15) is 0 Å². The van der Waals surface area contributed by atoms with Gasteiger partial charge in [-0.05, 0) is 87.6 Å². The van der Waals surface area contributed by atoms with Crippen LogP contribution in [0.1, 0.15) is 52.7 Å². The lowest BCUT2D eigenvalue weighted by atomic mass is 9.80. The van der Waals surface area contributed by atoms with Crippen molar-refractivity contribution in [2.45, 2.75) is 41.5 Å². The highest BCUT2D eigenvalue weighted by Crippen LogP contribution is 2.42. The fourth-order valence-electron chi connectivity index (χ4n) is 3.27. The summed E-state index contributed by atoms with van der Waals surface area (Å²) in [6.45, 7) is 25.2. The lowest BCUT2D eigenvalue weighted by Crippen LogP contribution is -2.05. The summed E-state index contributed by atoms with van der Waals surface area (Å²) in [4.78, 5) is 0. The van der Waals surface area contributed by atoms with Crippen LogP contribution in [0.4, 0.5) is 0 Å². The zero-order valence-corrected chi connectivity index (χ0v) is 18.4. The Hall–Kier alpha value is -2.98. The molecule has 0 unspecified atom stereocenters. The fourth-order valence-corrected chi connectivity index (χ4v) is 3.27. The van der Waals surface area contributed by atoms with E-state index in [1.807, 2.05) is 39.0 Å². The predicted octanol–water partition coefficient (Wildman–Crippen LogP) is 7.44. The predicted molar refractivity (Wildman–Crippen MR) is 124 cm³/mol. The van der Waals surface area contributed by atoms with Crippen molar-refractivity contribution in [3.8, 4) is 18.1 Å². The topological polar surface area (TPSA) is 9.23 Å². The van der Waals surface area contributed by atoms with Crippen molar-refractivity contribution in [1.29, 1.82) is 0 Å². The molecule has 0 spiro atoms. The molecule has 1 rings (SSSR count). The molecule has 0 radical (unpaired) electrons. The second-order valence-electron chi connectivity index (χ2n) is 7.20. The molecule has 0 N–H and O–H groups in total. The van der Waals surface area contributed by atoms with E-state index in [4.69, 9.17) is 11.2 Å². The van der Waals surface area contributed by atoms with Crippen LogP contribution >= 0.6 is 0 Å². The minimum atomic E-state index is 0.718. The molecule has 0 aromatic heterocycles. The van der Waals surface area contributed by atoms with E-state index in [0.29, 0.717) is 0 Å². The van der Waals surface area contributed by atoms with Crippen LogP contribution in [0.2, 0.25) is 0 Å². The van der Waals surface area contributed by atoms with Gasteiger partial charge in [-0.2, -0.15) is 0 Å². The van der Waals surface area contributed by atoms with Crippen molar-refractivity contribution in [2.24, 2.45) is 0 Å². The summed E-state index contributed by atoms with van der Waals surface area (Å²) in [6.07, 6.45) is 7.65. The van der Waals surface area contributed by atoms with Crippen LogP contribution in [-0.2, 0) is 0 Å². The molecule has 0 atom stereocenters. The first kappa shape index (κ1) is 23.1. The fraction of sp³-hybridized carbons (Fsp3) is 0.259. The maximum Gasteiger partial charge on any atom is 0.127 e. The van der Waals surface area contributed by atoms with Gasteiger partial charge >= 0.3 is 0 Å². The van der Waals surface area contributed by atoms with Crippen molar-refractivity contribution >= 4 is 5.57 Å². The third-order valence-electron chi connectivity index (χ3n) is 4.70. The average Bonchev–Trinajstić information content (AvgIpc) is 2.65. The lowest BCUT2D eigenvalue weighted by Gasteiger charge is -2.24. The van der Waals surface area contributed by atoms with Gasteiger partial charge < -0.3 is 4.74 Å². The summed E-state index contributed by atoms with van der Waals surface area (Å²) in [5, 5.41) is 0. The molecule has 0 aliphatic carbocycles. The molecule has 1 nitrogen and oxygen atoms in total. The second kappa shape index (κ2) is 9.81. The molecule has 0 heterocycles. The number of ether oxygens (including phenoxy) is 1. The van der Waals surface area contributed by atoms with Gasteiger partial charge in [0, 0.05) is 16.7 Å². The number of allylic oxidation sites excluding steroid dienone is 9. The van der Waals surface area contributed by atoms with Crippen molar-refractivity contribution in [3.05, 3.63) is 94.2 Å². The van der Waals surface area contributed by atoms with Crippen molar-refractivity contribution < 1.29 is 4.74 Å². The van der Waals surface area contributed by atoms with Gasteiger partial charge in [0.05, 0.1) is 7.11 Å². The van der Waals surface area contributed by atoms with Crippen LogP contribution in [0.3, 0.4) is 0 Å². The Labute approximate surface area is 171 Å². The van der Waals surface area contributed by atoms with E-state index >= 15 is 0 Å². The van der Waals surface area contributed by atoms with Gasteiger partial charge in [0.1, 0.15) is 5.75 Å². The molecule has 146 valence electrons. The Morgan fingerprint density at radius 2 is 1.57 bits per heavy atom. The molecule has 0 aliphatic heterocycles. The molecular formula is C27H32O. The van der Waals surface area contributed by atoms with Gasteiger partial charge in [-0.25, -0.2) is 0 Å². The van der Waals surface area contributed by atoms with Crippen molar-refractivity contribution in [1.82, 2.24) is 0 Å². The van der Waals surface area contributed by atoms with E-state index in [0.717, 1.165) is 61.5 Å². The Morgan fingerprint density at radius 3 is 1.96 bits per heavy atom. The maximum atomic E-state index is 5.72. The van der Waals surface area contributed by atoms with Crippen LogP contribution in [0.5, 0.6) is 5.75 Å². The number of hydrogen-bond acceptors (Lipinski definition) is 1. The molecule has 0 saturated carbocycles. The van der Waals surface area contributed by atoms with Gasteiger partial charge in [-0.15, -0.1) is 6.42 Å². The van der Waals surface area contributed by atoms with E-state index in [1.54, 1.807) is 7.11 Å². The highest BCUT2D eigenvalue weighted by molar-refractivity contribution is 5.93. The van der Waals surface area contributed by atoms with Crippen LogP contribution in [-0.4, -0.2) is 7.11 Å². The quantitative estimate of drug-likeness (QED) is 0.357. The Kier molecular flexibility index (Phi) is 8.08. The van der Waals surface area contributed by atoms with Crippen LogP contribution in [0, 0.1) is 12.3 Å². The summed E-state index contributed by atoms with van der Waals surface area (Å²) in [5.74, 6) is 3.39. The van der Waals surface area contributed by atoms with E-state index in [2.05, 4.69) is 52.5 Å². The van der Waals surface area contributed by atoms with Crippen LogP contribution in [0.25, 0.3) is 5.57 Å². The molecular weight excluding hydrogens is 340 g/mol. The number of benzene rings is 1. The minimum Gasteiger partial charge on any atom is -0.496 e. The first-order chi connectivity index (χ1) is 13.1. The highest BCUT2D eigenvalue weighted by atomic mass is 16.5. The smallest absolute Gasteiger partial charge is 0.127 e. The number of rotatable bonds is 7. The molecule has 0 saturated heterocycles. The third-order valence-corrected chi connectivity index (χ3v) is 4.70. The molecule has 0 aliphatic rings. The molecule has 28 heavy (non-hydrogen) atoms. The first-order valence-corrected chi connectivity index (χ1v) is 9.32. The SMILES string of the molecule is C#Cc1ccc(/C(C(C(=C)C)=C(C)C)=C(\C(=C)C)C(=C)/C(C)=C\C)c(OC)c1. The Morgan fingerprint density at radius 1 is 1.00 bits per heavy atom. The van der Waals surface area contributed by atoms with Gasteiger partial charge in [-0.1, -0.05) is 42.9 Å². The lowest BCUT2D eigenvalue weighted by molar-refractivity contribution is 0.413. The summed E-state index contributed by atoms with van der Waals surface area (Å²) < 4.78 is 5.72. The number of methoxy groups -OCH3 is 1. The van der Waals surface area contributed by atoms with Crippen molar-refractivity contribution in [3.63, 3.8) is 0 Å². The van der Waals surface area contributed by atoms with E-state index in [-0.39, 0.29) is 0 Å². The van der Waals surface area contributed by atoms with Gasteiger partial charge in [-0.3, -0.25) is 0 Å². The molecule has 1 aromatic rings. The number of terminal acetylenes is 1. The summed E-state index contributed by atoms with van der Waals surface area (Å²) in [5.41, 5.74) is 9.93. The third kappa shape index (κ3) is 4.84. The molecule has 0 amide bonds. The summed E-state index contributed by atoms with van der Waals surface area (Å²) in [6, 6.07) is 5.83.